The summed E-state index contributed by atoms with van der Waals surface area (Å²) in [5.41, 5.74) is 1.38. The third-order valence-electron chi connectivity index (χ3n) is 2.49. The molecule has 84 valence electrons. The summed E-state index contributed by atoms with van der Waals surface area (Å²) >= 11 is 3.18. The summed E-state index contributed by atoms with van der Waals surface area (Å²) in [5.74, 6) is 0. The summed E-state index contributed by atoms with van der Waals surface area (Å²) < 4.78 is 19.1. The molecule has 0 amide bonds. The molecule has 0 radical (unpaired) electrons. The van der Waals surface area contributed by atoms with E-state index in [1.165, 1.54) is 0 Å². The molecule has 0 spiro atoms. The average molecular weight is 277 g/mol. The highest BCUT2D eigenvalue weighted by Gasteiger charge is 2.36. The topological polar surface area (TPSA) is 26.3 Å². The van der Waals surface area contributed by atoms with Crippen molar-refractivity contribution in [3.05, 3.63) is 23.8 Å². The predicted octanol–water partition coefficient (Wildman–Crippen LogP) is 2.58. The Bertz CT molecular complexity index is 288. The summed E-state index contributed by atoms with van der Waals surface area (Å²) in [6, 6.07) is 0. The standard InChI is InChI=1S/C11H14BrFO2/c1-3-4-15-9-5-7(2)8(6-14)10(12)11(9)13/h3,6,9-11H,1,4-5H2,2H3. The van der Waals surface area contributed by atoms with Crippen LogP contribution in [0.5, 0.6) is 0 Å². The lowest BCUT2D eigenvalue weighted by molar-refractivity contribution is -0.105. The van der Waals surface area contributed by atoms with E-state index in [9.17, 15) is 9.18 Å². The van der Waals surface area contributed by atoms with E-state index >= 15 is 0 Å². The van der Waals surface area contributed by atoms with Gasteiger partial charge < -0.3 is 4.74 Å². The summed E-state index contributed by atoms with van der Waals surface area (Å²) in [6.07, 6.45) is 1.09. The van der Waals surface area contributed by atoms with Crippen LogP contribution in [0.2, 0.25) is 0 Å². The number of alkyl halides is 2. The normalized spacial score (nSPS) is 31.5. The number of hydrogen-bond donors (Lipinski definition) is 0. The van der Waals surface area contributed by atoms with Crippen molar-refractivity contribution in [2.24, 2.45) is 0 Å². The lowest BCUT2D eigenvalue weighted by Gasteiger charge is -2.31. The molecule has 0 bridgehead atoms. The number of carbonyl (C=O) groups excluding carboxylic acids is 1. The van der Waals surface area contributed by atoms with Crippen LogP contribution in [0.4, 0.5) is 4.39 Å². The molecule has 3 unspecified atom stereocenters. The van der Waals surface area contributed by atoms with Crippen molar-refractivity contribution in [2.75, 3.05) is 6.61 Å². The molecular formula is C11H14BrFO2. The lowest BCUT2D eigenvalue weighted by Crippen LogP contribution is -2.38. The molecule has 1 rings (SSSR count). The molecule has 0 aromatic heterocycles. The molecule has 1 aliphatic carbocycles. The Morgan fingerprint density at radius 3 is 2.93 bits per heavy atom. The zero-order valence-corrected chi connectivity index (χ0v) is 10.2. The van der Waals surface area contributed by atoms with Gasteiger partial charge in [-0.05, 0) is 13.3 Å². The van der Waals surface area contributed by atoms with Gasteiger partial charge in [-0.1, -0.05) is 27.6 Å². The van der Waals surface area contributed by atoms with Gasteiger partial charge >= 0.3 is 0 Å². The minimum Gasteiger partial charge on any atom is -0.371 e. The molecule has 0 fully saturated rings. The van der Waals surface area contributed by atoms with E-state index in [2.05, 4.69) is 22.5 Å². The molecule has 0 saturated heterocycles. The SMILES string of the molecule is C=CCOC1CC(C)=C(C=O)C(Br)C1F. The van der Waals surface area contributed by atoms with Crippen LogP contribution in [-0.2, 0) is 9.53 Å². The average Bonchev–Trinajstić information content (AvgIpc) is 2.22. The maximum Gasteiger partial charge on any atom is 0.147 e. The minimum absolute atomic E-state index is 0.328. The maximum atomic E-state index is 13.8. The summed E-state index contributed by atoms with van der Waals surface area (Å²) in [6.45, 7) is 5.67. The van der Waals surface area contributed by atoms with Crippen molar-refractivity contribution in [3.63, 3.8) is 0 Å². The second-order valence-electron chi connectivity index (χ2n) is 3.56. The van der Waals surface area contributed by atoms with Crippen LogP contribution in [0.15, 0.2) is 23.8 Å². The number of carbonyl (C=O) groups is 1. The molecule has 0 N–H and O–H groups in total. The number of hydrogen-bond acceptors (Lipinski definition) is 2. The maximum absolute atomic E-state index is 13.8. The number of aldehydes is 1. The first kappa shape index (κ1) is 12.6. The van der Waals surface area contributed by atoms with Crippen molar-refractivity contribution in [2.45, 2.75) is 30.4 Å². The highest BCUT2D eigenvalue weighted by Crippen LogP contribution is 2.33. The van der Waals surface area contributed by atoms with Crippen LogP contribution in [0.1, 0.15) is 13.3 Å². The number of ether oxygens (including phenoxy) is 1. The second-order valence-corrected chi connectivity index (χ2v) is 4.55. The highest BCUT2D eigenvalue weighted by molar-refractivity contribution is 9.09. The van der Waals surface area contributed by atoms with E-state index in [0.717, 1.165) is 5.57 Å². The second kappa shape index (κ2) is 5.56. The molecule has 15 heavy (non-hydrogen) atoms. The number of rotatable bonds is 4. The largest absolute Gasteiger partial charge is 0.371 e. The molecule has 0 saturated carbocycles. The first-order valence-electron chi connectivity index (χ1n) is 4.77. The van der Waals surface area contributed by atoms with Gasteiger partial charge in [-0.2, -0.15) is 0 Å². The van der Waals surface area contributed by atoms with Crippen molar-refractivity contribution >= 4 is 22.2 Å². The Morgan fingerprint density at radius 1 is 1.73 bits per heavy atom. The monoisotopic (exact) mass is 276 g/mol. The molecule has 0 aromatic rings. The minimum atomic E-state index is -1.19. The first-order valence-corrected chi connectivity index (χ1v) is 5.68. The molecule has 1 aliphatic rings. The van der Waals surface area contributed by atoms with Gasteiger partial charge in [-0.15, -0.1) is 6.58 Å². The van der Waals surface area contributed by atoms with Gasteiger partial charge in [0.25, 0.3) is 0 Å². The molecule has 0 aromatic carbocycles. The van der Waals surface area contributed by atoms with E-state index in [4.69, 9.17) is 4.74 Å². The first-order chi connectivity index (χ1) is 7.11. The lowest BCUT2D eigenvalue weighted by atomic mass is 9.90. The Balaban J connectivity index is 2.78. The van der Waals surface area contributed by atoms with E-state index in [-0.39, 0.29) is 0 Å². The Kier molecular flexibility index (Phi) is 4.67. The summed E-state index contributed by atoms with van der Waals surface area (Å²) in [7, 11) is 0. The van der Waals surface area contributed by atoms with Crippen molar-refractivity contribution in [1.29, 1.82) is 0 Å². The van der Waals surface area contributed by atoms with Gasteiger partial charge in [0.05, 0.1) is 17.5 Å². The highest BCUT2D eigenvalue weighted by atomic mass is 79.9. The Labute approximate surface area is 97.3 Å². The molecule has 0 heterocycles. The Morgan fingerprint density at radius 2 is 2.40 bits per heavy atom. The third-order valence-corrected chi connectivity index (χ3v) is 3.49. The molecular weight excluding hydrogens is 263 g/mol. The Hall–Kier alpha value is -0.480. The quantitative estimate of drug-likeness (QED) is 0.448. The van der Waals surface area contributed by atoms with Crippen LogP contribution in [0, 0.1) is 0 Å². The van der Waals surface area contributed by atoms with E-state index in [0.29, 0.717) is 24.9 Å². The van der Waals surface area contributed by atoms with Gasteiger partial charge in [0, 0.05) is 5.57 Å². The van der Waals surface area contributed by atoms with E-state index in [1.807, 2.05) is 6.92 Å². The third kappa shape index (κ3) is 2.75. The number of allylic oxidation sites excluding steroid dienone is 1. The summed E-state index contributed by atoms with van der Waals surface area (Å²) in [5, 5.41) is 0. The molecule has 4 heteroatoms. The predicted molar refractivity (Wildman–Crippen MR) is 60.9 cm³/mol. The number of halogens is 2. The van der Waals surface area contributed by atoms with Crippen LogP contribution in [-0.4, -0.2) is 30.0 Å². The van der Waals surface area contributed by atoms with Gasteiger partial charge in [0.15, 0.2) is 0 Å². The van der Waals surface area contributed by atoms with Crippen LogP contribution >= 0.6 is 15.9 Å². The molecule has 3 atom stereocenters. The fraction of sp³-hybridized carbons (Fsp3) is 0.545. The van der Waals surface area contributed by atoms with E-state index in [1.54, 1.807) is 6.08 Å². The van der Waals surface area contributed by atoms with Crippen molar-refractivity contribution < 1.29 is 13.9 Å². The smallest absolute Gasteiger partial charge is 0.147 e. The summed E-state index contributed by atoms with van der Waals surface area (Å²) in [4.78, 5) is 10.2. The zero-order chi connectivity index (χ0) is 11.4. The van der Waals surface area contributed by atoms with Gasteiger partial charge in [0.1, 0.15) is 12.5 Å². The molecule has 0 aliphatic heterocycles. The van der Waals surface area contributed by atoms with Crippen molar-refractivity contribution in [1.82, 2.24) is 0 Å². The zero-order valence-electron chi connectivity index (χ0n) is 8.58. The van der Waals surface area contributed by atoms with Crippen LogP contribution < -0.4 is 0 Å². The fourth-order valence-corrected chi connectivity index (χ4v) is 2.47. The van der Waals surface area contributed by atoms with Crippen LogP contribution in [0.3, 0.4) is 0 Å². The van der Waals surface area contributed by atoms with Crippen LogP contribution in [0.25, 0.3) is 0 Å². The van der Waals surface area contributed by atoms with Gasteiger partial charge in [-0.3, -0.25) is 4.79 Å². The molecule has 2 nitrogen and oxygen atoms in total. The van der Waals surface area contributed by atoms with Crippen molar-refractivity contribution in [3.8, 4) is 0 Å². The van der Waals surface area contributed by atoms with E-state index < -0.39 is 17.1 Å². The van der Waals surface area contributed by atoms with Gasteiger partial charge in [-0.25, -0.2) is 4.39 Å². The fourth-order valence-electron chi connectivity index (χ4n) is 1.64. The van der Waals surface area contributed by atoms with Gasteiger partial charge in [0.2, 0.25) is 0 Å².